The quantitative estimate of drug-likeness (QED) is 0.797. The van der Waals surface area contributed by atoms with E-state index in [0.29, 0.717) is 31.1 Å². The molecule has 0 radical (unpaired) electrons. The predicted octanol–water partition coefficient (Wildman–Crippen LogP) is 1.53. The topological polar surface area (TPSA) is 85.7 Å². The minimum atomic E-state index is -0.558. The van der Waals surface area contributed by atoms with Crippen molar-refractivity contribution < 1.29 is 19.1 Å². The van der Waals surface area contributed by atoms with Crippen molar-refractivity contribution in [2.24, 2.45) is 7.05 Å². The number of rotatable bonds is 7. The molecular weight excluding hydrogens is 348 g/mol. The van der Waals surface area contributed by atoms with E-state index in [1.54, 1.807) is 42.1 Å². The normalized spacial score (nSPS) is 15.8. The highest BCUT2D eigenvalue weighted by atomic mass is 16.5. The summed E-state index contributed by atoms with van der Waals surface area (Å²) < 4.78 is 12.2. The number of nitrogens with one attached hydrogen (secondary N) is 1. The van der Waals surface area contributed by atoms with Gasteiger partial charge in [-0.2, -0.15) is 5.10 Å². The van der Waals surface area contributed by atoms with Crippen LogP contribution in [-0.2, 0) is 27.9 Å². The fraction of sp³-hybridized carbons (Fsp3) is 0.421. The summed E-state index contributed by atoms with van der Waals surface area (Å²) in [5.41, 5.74) is 2.35. The number of anilines is 1. The van der Waals surface area contributed by atoms with Crippen molar-refractivity contribution >= 4 is 17.5 Å². The molecule has 27 heavy (non-hydrogen) atoms. The highest BCUT2D eigenvalue weighted by Gasteiger charge is 2.34. The molecule has 0 saturated heterocycles. The molecule has 1 aliphatic heterocycles. The van der Waals surface area contributed by atoms with Gasteiger partial charge in [-0.3, -0.25) is 14.3 Å². The van der Waals surface area contributed by atoms with Gasteiger partial charge in [0.25, 0.3) is 0 Å². The second kappa shape index (κ2) is 8.22. The fourth-order valence-electron chi connectivity index (χ4n) is 3.25. The summed E-state index contributed by atoms with van der Waals surface area (Å²) in [6, 6.07) is 5.35. The number of carbonyl (C=O) groups is 2. The molecule has 8 heteroatoms. The Morgan fingerprint density at radius 1 is 1.41 bits per heavy atom. The SMILES string of the molecule is COCCN(Cc1cnn(C)c1)C(=O)[C@@H]1CC(=O)Nc2ccc(OC)cc21. The second-order valence-corrected chi connectivity index (χ2v) is 6.53. The molecule has 8 nitrogen and oxygen atoms in total. The number of aryl methyl sites for hydroxylation is 1. The molecule has 0 bridgehead atoms. The zero-order valence-corrected chi connectivity index (χ0v) is 15.8. The van der Waals surface area contributed by atoms with E-state index >= 15 is 0 Å². The minimum absolute atomic E-state index is 0.107. The molecule has 1 aromatic carbocycles. The first-order valence-corrected chi connectivity index (χ1v) is 8.75. The molecule has 0 spiro atoms. The van der Waals surface area contributed by atoms with Crippen molar-refractivity contribution in [2.75, 3.05) is 32.7 Å². The maximum Gasteiger partial charge on any atom is 0.231 e. The lowest BCUT2D eigenvalue weighted by Gasteiger charge is -2.30. The summed E-state index contributed by atoms with van der Waals surface area (Å²) in [4.78, 5) is 27.2. The predicted molar refractivity (Wildman–Crippen MR) is 99.5 cm³/mol. The lowest BCUT2D eigenvalue weighted by molar-refractivity contribution is -0.136. The molecule has 2 amide bonds. The lowest BCUT2D eigenvalue weighted by Crippen LogP contribution is -2.39. The highest BCUT2D eigenvalue weighted by Crippen LogP contribution is 2.36. The van der Waals surface area contributed by atoms with E-state index < -0.39 is 5.92 Å². The Hall–Kier alpha value is -2.87. The summed E-state index contributed by atoms with van der Waals surface area (Å²) in [7, 11) is 5.01. The molecule has 1 N–H and O–H groups in total. The van der Waals surface area contributed by atoms with Gasteiger partial charge in [-0.05, 0) is 23.8 Å². The van der Waals surface area contributed by atoms with Crippen molar-refractivity contribution in [1.29, 1.82) is 0 Å². The summed E-state index contributed by atoms with van der Waals surface area (Å²) in [5.74, 6) is -0.185. The Morgan fingerprint density at radius 2 is 2.22 bits per heavy atom. The largest absolute Gasteiger partial charge is 0.497 e. The third-order valence-electron chi connectivity index (χ3n) is 4.60. The van der Waals surface area contributed by atoms with E-state index in [1.165, 1.54) is 0 Å². The van der Waals surface area contributed by atoms with E-state index in [9.17, 15) is 9.59 Å². The minimum Gasteiger partial charge on any atom is -0.497 e. The van der Waals surface area contributed by atoms with Crippen molar-refractivity contribution in [3.8, 4) is 5.75 Å². The zero-order chi connectivity index (χ0) is 19.4. The van der Waals surface area contributed by atoms with Crippen LogP contribution in [0.2, 0.25) is 0 Å². The van der Waals surface area contributed by atoms with E-state index in [2.05, 4.69) is 10.4 Å². The van der Waals surface area contributed by atoms with E-state index in [4.69, 9.17) is 9.47 Å². The molecule has 0 unspecified atom stereocenters. The van der Waals surface area contributed by atoms with Crippen LogP contribution in [0.3, 0.4) is 0 Å². The number of methoxy groups -OCH3 is 2. The van der Waals surface area contributed by atoms with Crippen LogP contribution in [0.4, 0.5) is 5.69 Å². The van der Waals surface area contributed by atoms with Crippen LogP contribution >= 0.6 is 0 Å². The Labute approximate surface area is 158 Å². The first-order valence-electron chi connectivity index (χ1n) is 8.75. The van der Waals surface area contributed by atoms with Gasteiger partial charge >= 0.3 is 0 Å². The molecule has 3 rings (SSSR count). The zero-order valence-electron chi connectivity index (χ0n) is 15.8. The van der Waals surface area contributed by atoms with Crippen LogP contribution in [0.15, 0.2) is 30.6 Å². The van der Waals surface area contributed by atoms with Gasteiger partial charge in [0.15, 0.2) is 0 Å². The smallest absolute Gasteiger partial charge is 0.231 e. The van der Waals surface area contributed by atoms with Crippen LogP contribution in [0, 0.1) is 0 Å². The van der Waals surface area contributed by atoms with Gasteiger partial charge in [0.2, 0.25) is 11.8 Å². The van der Waals surface area contributed by atoms with E-state index in [-0.39, 0.29) is 18.2 Å². The van der Waals surface area contributed by atoms with Gasteiger partial charge in [-0.25, -0.2) is 0 Å². The van der Waals surface area contributed by atoms with Gasteiger partial charge in [0, 0.05) is 51.1 Å². The van der Waals surface area contributed by atoms with Crippen LogP contribution < -0.4 is 10.1 Å². The standard InChI is InChI=1S/C19H24N4O4/c1-22-11-13(10-20-22)12-23(6-7-26-2)19(25)16-9-18(24)21-17-5-4-14(27-3)8-15(16)17/h4-5,8,10-11,16H,6-7,9,12H2,1-3H3,(H,21,24)/t16-/m1/s1. The summed E-state index contributed by atoms with van der Waals surface area (Å²) >= 11 is 0. The molecule has 2 heterocycles. The lowest BCUT2D eigenvalue weighted by atomic mass is 9.89. The summed E-state index contributed by atoms with van der Waals surface area (Å²) in [5, 5.41) is 6.99. The van der Waals surface area contributed by atoms with Gasteiger partial charge < -0.3 is 19.7 Å². The number of amides is 2. The Balaban J connectivity index is 1.89. The second-order valence-electron chi connectivity index (χ2n) is 6.53. The summed E-state index contributed by atoms with van der Waals surface area (Å²) in [6.45, 7) is 1.25. The molecular formula is C19H24N4O4. The Bertz CT molecular complexity index is 833. The van der Waals surface area contributed by atoms with Crippen molar-refractivity contribution in [3.05, 3.63) is 41.7 Å². The first kappa shape index (κ1) is 18.9. The monoisotopic (exact) mass is 372 g/mol. The number of carbonyl (C=O) groups excluding carboxylic acids is 2. The molecule has 2 aromatic rings. The Kier molecular flexibility index (Phi) is 5.75. The number of hydrogen-bond donors (Lipinski definition) is 1. The number of benzene rings is 1. The highest BCUT2D eigenvalue weighted by molar-refractivity contribution is 6.01. The fourth-order valence-corrected chi connectivity index (χ4v) is 3.25. The van der Waals surface area contributed by atoms with Crippen LogP contribution in [0.5, 0.6) is 5.75 Å². The number of fused-ring (bicyclic) bond motifs is 1. The molecule has 1 atom stereocenters. The van der Waals surface area contributed by atoms with Gasteiger partial charge in [0.1, 0.15) is 5.75 Å². The number of ether oxygens (including phenoxy) is 2. The van der Waals surface area contributed by atoms with Crippen LogP contribution in [-0.4, -0.2) is 53.9 Å². The van der Waals surface area contributed by atoms with Gasteiger partial charge in [-0.1, -0.05) is 0 Å². The number of aromatic nitrogens is 2. The van der Waals surface area contributed by atoms with E-state index in [1.807, 2.05) is 19.3 Å². The first-order chi connectivity index (χ1) is 13.0. The molecule has 144 valence electrons. The van der Waals surface area contributed by atoms with Crippen molar-refractivity contribution in [3.63, 3.8) is 0 Å². The Morgan fingerprint density at radius 3 is 2.89 bits per heavy atom. The van der Waals surface area contributed by atoms with Gasteiger partial charge in [0.05, 0.1) is 25.8 Å². The maximum absolute atomic E-state index is 13.3. The van der Waals surface area contributed by atoms with Crippen LogP contribution in [0.25, 0.3) is 0 Å². The maximum atomic E-state index is 13.3. The average molecular weight is 372 g/mol. The number of hydrogen-bond acceptors (Lipinski definition) is 5. The molecule has 0 fully saturated rings. The molecule has 1 aromatic heterocycles. The van der Waals surface area contributed by atoms with E-state index in [0.717, 1.165) is 11.1 Å². The van der Waals surface area contributed by atoms with Gasteiger partial charge in [-0.15, -0.1) is 0 Å². The number of nitrogens with zero attached hydrogens (tertiary/aromatic N) is 3. The molecule has 0 aliphatic carbocycles. The molecule has 0 saturated carbocycles. The summed E-state index contributed by atoms with van der Waals surface area (Å²) in [6.07, 6.45) is 3.71. The third-order valence-corrected chi connectivity index (χ3v) is 4.60. The van der Waals surface area contributed by atoms with Crippen molar-refractivity contribution in [1.82, 2.24) is 14.7 Å². The molecule has 1 aliphatic rings. The third kappa shape index (κ3) is 4.28. The van der Waals surface area contributed by atoms with Crippen LogP contribution in [0.1, 0.15) is 23.5 Å². The van der Waals surface area contributed by atoms with Crippen molar-refractivity contribution in [2.45, 2.75) is 18.9 Å². The average Bonchev–Trinajstić information content (AvgIpc) is 3.08.